The molecule has 1 saturated carbocycles. The summed E-state index contributed by atoms with van der Waals surface area (Å²) in [4.78, 5) is 17.8. The van der Waals surface area contributed by atoms with E-state index in [-0.39, 0.29) is 33.2 Å². The molecule has 1 fully saturated rings. The highest BCUT2D eigenvalue weighted by atomic mass is 35.5. The maximum atomic E-state index is 15.1. The standard InChI is InChI=1S/C22H21ClF4N6O2/c1-11(29-20(34)21(35)3-5-22(26,27)6-4-21)18-16(25)7-12(10-28-18)14-8-13(23)9-15(24)17(14)19-30-32-33(2)31-19/h7-11,35H,3-6H2,1-2H3,(H,29,34). The van der Waals surface area contributed by atoms with Gasteiger partial charge in [-0.3, -0.25) is 9.78 Å². The Morgan fingerprint density at radius 1 is 1.17 bits per heavy atom. The molecule has 8 nitrogen and oxygen atoms in total. The average molecular weight is 513 g/mol. The zero-order valence-electron chi connectivity index (χ0n) is 18.7. The van der Waals surface area contributed by atoms with Crippen LogP contribution >= 0.6 is 11.6 Å². The number of carbonyl (C=O) groups is 1. The number of amides is 1. The van der Waals surface area contributed by atoms with Crippen LogP contribution in [0.3, 0.4) is 0 Å². The van der Waals surface area contributed by atoms with E-state index in [0.29, 0.717) is 0 Å². The highest BCUT2D eigenvalue weighted by molar-refractivity contribution is 6.31. The summed E-state index contributed by atoms with van der Waals surface area (Å²) in [5.41, 5.74) is -1.83. The Morgan fingerprint density at radius 2 is 1.86 bits per heavy atom. The molecule has 2 heterocycles. The van der Waals surface area contributed by atoms with E-state index in [1.807, 2.05) is 0 Å². The van der Waals surface area contributed by atoms with Crippen LogP contribution in [0.5, 0.6) is 0 Å². The largest absolute Gasteiger partial charge is 0.380 e. The van der Waals surface area contributed by atoms with Gasteiger partial charge in [0.1, 0.15) is 17.2 Å². The smallest absolute Gasteiger partial charge is 0.252 e. The Hall–Kier alpha value is -3.12. The van der Waals surface area contributed by atoms with Gasteiger partial charge in [0.2, 0.25) is 11.7 Å². The summed E-state index contributed by atoms with van der Waals surface area (Å²) in [5, 5.41) is 24.5. The van der Waals surface area contributed by atoms with Gasteiger partial charge >= 0.3 is 0 Å². The van der Waals surface area contributed by atoms with Gasteiger partial charge in [0.25, 0.3) is 5.91 Å². The molecule has 2 N–H and O–H groups in total. The van der Waals surface area contributed by atoms with E-state index in [2.05, 4.69) is 25.7 Å². The van der Waals surface area contributed by atoms with Crippen LogP contribution in [0.2, 0.25) is 5.02 Å². The quantitative estimate of drug-likeness (QED) is 0.501. The molecule has 0 aliphatic heterocycles. The number of aliphatic hydroxyl groups is 1. The number of halogens is 5. The number of rotatable bonds is 5. The molecular formula is C22H21ClF4N6O2. The summed E-state index contributed by atoms with van der Waals surface area (Å²) in [6, 6.07) is 2.58. The van der Waals surface area contributed by atoms with Crippen molar-refractivity contribution < 1.29 is 27.5 Å². The lowest BCUT2D eigenvalue weighted by atomic mass is 9.82. The molecule has 0 radical (unpaired) electrons. The molecule has 0 saturated heterocycles. The predicted molar refractivity (Wildman–Crippen MR) is 117 cm³/mol. The number of nitrogens with one attached hydrogen (secondary N) is 1. The van der Waals surface area contributed by atoms with Crippen LogP contribution in [0.15, 0.2) is 24.4 Å². The van der Waals surface area contributed by atoms with Gasteiger partial charge in [-0.2, -0.15) is 4.80 Å². The number of alkyl halides is 2. The van der Waals surface area contributed by atoms with E-state index in [1.54, 1.807) is 0 Å². The molecule has 1 aliphatic carbocycles. The number of carbonyl (C=O) groups excluding carboxylic acids is 1. The van der Waals surface area contributed by atoms with Crippen LogP contribution in [-0.4, -0.2) is 47.7 Å². The Bertz CT molecular complexity index is 1270. The van der Waals surface area contributed by atoms with E-state index in [1.165, 1.54) is 26.2 Å². The molecular weight excluding hydrogens is 492 g/mol. The van der Waals surface area contributed by atoms with Gasteiger partial charge < -0.3 is 10.4 Å². The second-order valence-electron chi connectivity index (χ2n) is 8.59. The molecule has 13 heteroatoms. The van der Waals surface area contributed by atoms with Crippen LogP contribution in [-0.2, 0) is 11.8 Å². The fraction of sp³-hybridized carbons (Fsp3) is 0.409. The van der Waals surface area contributed by atoms with Gasteiger partial charge in [0.05, 0.1) is 24.3 Å². The summed E-state index contributed by atoms with van der Waals surface area (Å²) in [6.07, 6.45) is -0.792. The highest BCUT2D eigenvalue weighted by Gasteiger charge is 2.46. The second-order valence-corrected chi connectivity index (χ2v) is 9.02. The first-order valence-corrected chi connectivity index (χ1v) is 11.1. The van der Waals surface area contributed by atoms with Crippen molar-refractivity contribution in [2.24, 2.45) is 7.05 Å². The van der Waals surface area contributed by atoms with Gasteiger partial charge in [0, 0.05) is 29.6 Å². The summed E-state index contributed by atoms with van der Waals surface area (Å²) < 4.78 is 56.7. The molecule has 3 aromatic rings. The maximum absolute atomic E-state index is 15.1. The van der Waals surface area contributed by atoms with Crippen LogP contribution < -0.4 is 5.32 Å². The lowest BCUT2D eigenvalue weighted by Crippen LogP contribution is -2.51. The number of benzene rings is 1. The predicted octanol–water partition coefficient (Wildman–Crippen LogP) is 3.99. The van der Waals surface area contributed by atoms with Crippen LogP contribution in [0.1, 0.15) is 44.3 Å². The van der Waals surface area contributed by atoms with Crippen molar-refractivity contribution in [3.63, 3.8) is 0 Å². The van der Waals surface area contributed by atoms with Crippen molar-refractivity contribution in [2.45, 2.75) is 50.2 Å². The average Bonchev–Trinajstić information content (AvgIpc) is 3.20. The number of hydrogen-bond acceptors (Lipinski definition) is 6. The summed E-state index contributed by atoms with van der Waals surface area (Å²) >= 11 is 6.01. The number of tetrazole rings is 1. The van der Waals surface area contributed by atoms with Gasteiger partial charge in [-0.05, 0) is 48.7 Å². The SMILES string of the molecule is CC(NC(=O)C1(O)CCC(F)(F)CC1)c1ncc(-c2cc(Cl)cc(F)c2-c2nnn(C)n2)cc1F. The van der Waals surface area contributed by atoms with E-state index in [9.17, 15) is 23.1 Å². The van der Waals surface area contributed by atoms with Crippen LogP contribution in [0.4, 0.5) is 17.6 Å². The van der Waals surface area contributed by atoms with Crippen molar-refractivity contribution in [1.29, 1.82) is 0 Å². The fourth-order valence-corrected chi connectivity index (χ4v) is 4.19. The van der Waals surface area contributed by atoms with E-state index >= 15 is 4.39 Å². The number of pyridine rings is 1. The topological polar surface area (TPSA) is 106 Å². The minimum absolute atomic E-state index is 0.0342. The van der Waals surface area contributed by atoms with Crippen molar-refractivity contribution in [1.82, 2.24) is 30.5 Å². The van der Waals surface area contributed by atoms with Crippen molar-refractivity contribution >= 4 is 17.5 Å². The minimum Gasteiger partial charge on any atom is -0.380 e. The number of hydrogen-bond donors (Lipinski definition) is 2. The highest BCUT2D eigenvalue weighted by Crippen LogP contribution is 2.39. The Labute approximate surface area is 202 Å². The fourth-order valence-electron chi connectivity index (χ4n) is 3.98. The molecule has 1 amide bonds. The Balaban J connectivity index is 1.60. The normalized spacial score (nSPS) is 17.7. The van der Waals surface area contributed by atoms with Crippen molar-refractivity contribution in [2.75, 3.05) is 0 Å². The Kier molecular flexibility index (Phi) is 6.54. The summed E-state index contributed by atoms with van der Waals surface area (Å²) in [7, 11) is 1.51. The molecule has 1 atom stereocenters. The van der Waals surface area contributed by atoms with E-state index < -0.39 is 60.8 Å². The van der Waals surface area contributed by atoms with Gasteiger partial charge in [-0.15, -0.1) is 10.2 Å². The van der Waals surface area contributed by atoms with E-state index in [0.717, 1.165) is 16.9 Å². The third-order valence-electron chi connectivity index (χ3n) is 5.96. The van der Waals surface area contributed by atoms with Crippen LogP contribution in [0, 0.1) is 11.6 Å². The van der Waals surface area contributed by atoms with Gasteiger partial charge in [-0.25, -0.2) is 17.6 Å². The van der Waals surface area contributed by atoms with Crippen LogP contribution in [0.25, 0.3) is 22.5 Å². The maximum Gasteiger partial charge on any atom is 0.252 e. The molecule has 2 aromatic heterocycles. The zero-order valence-corrected chi connectivity index (χ0v) is 19.5. The third-order valence-corrected chi connectivity index (χ3v) is 6.17. The Morgan fingerprint density at radius 3 is 2.46 bits per heavy atom. The van der Waals surface area contributed by atoms with Gasteiger partial charge in [0.15, 0.2) is 0 Å². The number of aryl methyl sites for hydroxylation is 1. The molecule has 0 bridgehead atoms. The lowest BCUT2D eigenvalue weighted by molar-refractivity contribution is -0.154. The summed E-state index contributed by atoms with van der Waals surface area (Å²) in [6.45, 7) is 1.44. The van der Waals surface area contributed by atoms with Gasteiger partial charge in [-0.1, -0.05) is 11.6 Å². The zero-order chi connectivity index (χ0) is 25.5. The lowest BCUT2D eigenvalue weighted by Gasteiger charge is -2.35. The van der Waals surface area contributed by atoms with Crippen molar-refractivity contribution in [3.05, 3.63) is 46.7 Å². The number of nitrogens with zero attached hydrogens (tertiary/aromatic N) is 5. The molecule has 35 heavy (non-hydrogen) atoms. The van der Waals surface area contributed by atoms with E-state index in [4.69, 9.17) is 11.6 Å². The number of aromatic nitrogens is 5. The molecule has 1 aromatic carbocycles. The molecule has 186 valence electrons. The summed E-state index contributed by atoms with van der Waals surface area (Å²) in [5.74, 6) is -5.40. The first-order valence-electron chi connectivity index (χ1n) is 10.7. The molecule has 0 spiro atoms. The minimum atomic E-state index is -2.93. The third kappa shape index (κ3) is 5.13. The first kappa shape index (κ1) is 25.0. The van der Waals surface area contributed by atoms with Crippen molar-refractivity contribution in [3.8, 4) is 22.5 Å². The first-order chi connectivity index (χ1) is 16.4. The molecule has 4 rings (SSSR count). The molecule has 1 aliphatic rings. The molecule has 1 unspecified atom stereocenters. The second kappa shape index (κ2) is 9.15. The monoisotopic (exact) mass is 512 g/mol.